The van der Waals surface area contributed by atoms with E-state index >= 15 is 0 Å². The molecule has 0 bridgehead atoms. The van der Waals surface area contributed by atoms with E-state index in [4.69, 9.17) is 4.74 Å². The van der Waals surface area contributed by atoms with Gasteiger partial charge in [0.15, 0.2) is 0 Å². The summed E-state index contributed by atoms with van der Waals surface area (Å²) in [7, 11) is 1.40. The minimum atomic E-state index is -0.561. The van der Waals surface area contributed by atoms with Gasteiger partial charge in [-0.2, -0.15) is 0 Å². The van der Waals surface area contributed by atoms with Crippen molar-refractivity contribution >= 4 is 11.6 Å². The third-order valence-corrected chi connectivity index (χ3v) is 2.19. The van der Waals surface area contributed by atoms with Crippen LogP contribution in [-0.2, 0) is 0 Å². The molecule has 0 aliphatic carbocycles. The zero-order chi connectivity index (χ0) is 13.7. The predicted molar refractivity (Wildman–Crippen MR) is 66.8 cm³/mol. The second kappa shape index (κ2) is 5.81. The molecule has 0 spiro atoms. The van der Waals surface area contributed by atoms with Crippen molar-refractivity contribution in [3.8, 4) is 5.75 Å². The van der Waals surface area contributed by atoms with Crippen molar-refractivity contribution in [3.05, 3.63) is 46.0 Å². The Hall–Kier alpha value is -2.37. The molecule has 18 heavy (non-hydrogen) atoms. The van der Waals surface area contributed by atoms with Gasteiger partial charge >= 0.3 is 0 Å². The molecule has 0 saturated carbocycles. The van der Waals surface area contributed by atoms with Gasteiger partial charge in [0.2, 0.25) is 0 Å². The number of nitro groups is 1. The van der Waals surface area contributed by atoms with Crippen molar-refractivity contribution in [1.82, 2.24) is 5.32 Å². The first-order chi connectivity index (χ1) is 8.45. The van der Waals surface area contributed by atoms with E-state index in [1.807, 2.05) is 0 Å². The van der Waals surface area contributed by atoms with Gasteiger partial charge < -0.3 is 10.1 Å². The lowest BCUT2D eigenvalue weighted by molar-refractivity contribution is -0.384. The van der Waals surface area contributed by atoms with Crippen molar-refractivity contribution in [2.45, 2.75) is 6.92 Å². The van der Waals surface area contributed by atoms with E-state index in [0.29, 0.717) is 12.3 Å². The summed E-state index contributed by atoms with van der Waals surface area (Å²) >= 11 is 0. The van der Waals surface area contributed by atoms with Crippen molar-refractivity contribution < 1.29 is 14.5 Å². The maximum absolute atomic E-state index is 11.8. The molecule has 0 radical (unpaired) electrons. The van der Waals surface area contributed by atoms with Crippen LogP contribution in [0.2, 0.25) is 0 Å². The molecule has 0 fully saturated rings. The molecule has 1 aromatic rings. The second-order valence-corrected chi connectivity index (χ2v) is 3.78. The number of amides is 1. The maximum atomic E-state index is 11.8. The van der Waals surface area contributed by atoms with Gasteiger partial charge in [0.05, 0.1) is 17.6 Å². The number of methoxy groups -OCH3 is 1. The monoisotopic (exact) mass is 250 g/mol. The number of rotatable bonds is 5. The molecule has 6 heteroatoms. The summed E-state index contributed by atoms with van der Waals surface area (Å²) in [5.74, 6) is -0.140. The Morgan fingerprint density at radius 3 is 2.72 bits per heavy atom. The standard InChI is InChI=1S/C12H14N2O4/c1-8(2)7-13-12(15)10-6-9(14(16)17)4-5-11(10)18-3/h4-6H,1,7H2,2-3H3,(H,13,15). The molecule has 1 rings (SSSR count). The van der Waals surface area contributed by atoms with Crippen LogP contribution in [-0.4, -0.2) is 24.5 Å². The van der Waals surface area contributed by atoms with Crippen LogP contribution in [0, 0.1) is 10.1 Å². The topological polar surface area (TPSA) is 81.5 Å². The first-order valence-corrected chi connectivity index (χ1v) is 5.20. The summed E-state index contributed by atoms with van der Waals surface area (Å²) in [6, 6.07) is 3.87. The number of carbonyl (C=O) groups excluding carboxylic acids is 1. The molecule has 1 N–H and O–H groups in total. The van der Waals surface area contributed by atoms with E-state index in [0.717, 1.165) is 5.57 Å². The zero-order valence-electron chi connectivity index (χ0n) is 10.2. The van der Waals surface area contributed by atoms with Gasteiger partial charge in [-0.1, -0.05) is 12.2 Å². The van der Waals surface area contributed by atoms with E-state index in [2.05, 4.69) is 11.9 Å². The van der Waals surface area contributed by atoms with Gasteiger partial charge in [-0.25, -0.2) is 0 Å². The lowest BCUT2D eigenvalue weighted by Gasteiger charge is -2.09. The first-order valence-electron chi connectivity index (χ1n) is 5.20. The molecule has 0 heterocycles. The highest BCUT2D eigenvalue weighted by Crippen LogP contribution is 2.23. The minimum absolute atomic E-state index is 0.132. The summed E-state index contributed by atoms with van der Waals surface area (Å²) in [5.41, 5.74) is 0.761. The fourth-order valence-corrected chi connectivity index (χ4v) is 1.31. The second-order valence-electron chi connectivity index (χ2n) is 3.78. The highest BCUT2D eigenvalue weighted by Gasteiger charge is 2.16. The molecule has 0 unspecified atom stereocenters. The van der Waals surface area contributed by atoms with E-state index in [1.54, 1.807) is 6.92 Å². The SMILES string of the molecule is C=C(C)CNC(=O)c1cc([N+](=O)[O-])ccc1OC. The number of hydrogen-bond donors (Lipinski definition) is 1. The van der Waals surface area contributed by atoms with Crippen molar-refractivity contribution in [1.29, 1.82) is 0 Å². The van der Waals surface area contributed by atoms with Crippen molar-refractivity contribution in [3.63, 3.8) is 0 Å². The molecule has 6 nitrogen and oxygen atoms in total. The van der Waals surface area contributed by atoms with Crippen molar-refractivity contribution in [2.75, 3.05) is 13.7 Å². The summed E-state index contributed by atoms with van der Waals surface area (Å²) < 4.78 is 5.00. The molecule has 0 aliphatic rings. The van der Waals surface area contributed by atoms with Gasteiger partial charge in [0.25, 0.3) is 11.6 Å². The lowest BCUT2D eigenvalue weighted by atomic mass is 10.1. The van der Waals surface area contributed by atoms with E-state index in [9.17, 15) is 14.9 Å². The van der Waals surface area contributed by atoms with Crippen LogP contribution in [0.25, 0.3) is 0 Å². The van der Waals surface area contributed by atoms with E-state index in [1.165, 1.54) is 25.3 Å². The number of benzene rings is 1. The molecule has 96 valence electrons. The molecule has 0 aliphatic heterocycles. The Bertz CT molecular complexity index is 497. The van der Waals surface area contributed by atoms with Gasteiger partial charge in [0, 0.05) is 18.7 Å². The molecular formula is C12H14N2O4. The van der Waals surface area contributed by atoms with Gasteiger partial charge in [-0.05, 0) is 13.0 Å². The number of ether oxygens (including phenoxy) is 1. The van der Waals surface area contributed by atoms with Gasteiger partial charge in [-0.15, -0.1) is 0 Å². The van der Waals surface area contributed by atoms with Gasteiger partial charge in [-0.3, -0.25) is 14.9 Å². The fourth-order valence-electron chi connectivity index (χ4n) is 1.31. The van der Waals surface area contributed by atoms with Crippen LogP contribution in [0.4, 0.5) is 5.69 Å². The Balaban J connectivity index is 3.03. The molecule has 0 saturated heterocycles. The summed E-state index contributed by atoms with van der Waals surface area (Å²) in [5, 5.41) is 13.3. The predicted octanol–water partition coefficient (Wildman–Crippen LogP) is 1.91. The Morgan fingerprint density at radius 1 is 1.56 bits per heavy atom. The van der Waals surface area contributed by atoms with E-state index < -0.39 is 10.8 Å². The number of nitrogens with zero attached hydrogens (tertiary/aromatic N) is 1. The first kappa shape index (κ1) is 13.7. The third kappa shape index (κ3) is 3.31. The normalized spacial score (nSPS) is 9.67. The fraction of sp³-hybridized carbons (Fsp3) is 0.250. The molecule has 1 aromatic carbocycles. The Morgan fingerprint density at radius 2 is 2.22 bits per heavy atom. The number of non-ortho nitro benzene ring substituents is 1. The Kier molecular flexibility index (Phi) is 4.42. The van der Waals surface area contributed by atoms with Crippen molar-refractivity contribution in [2.24, 2.45) is 0 Å². The van der Waals surface area contributed by atoms with Crippen LogP contribution in [0.3, 0.4) is 0 Å². The quantitative estimate of drug-likeness (QED) is 0.491. The summed E-state index contributed by atoms with van der Waals surface area (Å²) in [4.78, 5) is 21.9. The largest absolute Gasteiger partial charge is 0.496 e. The molecule has 1 amide bonds. The highest BCUT2D eigenvalue weighted by molar-refractivity contribution is 5.97. The third-order valence-electron chi connectivity index (χ3n) is 2.19. The number of hydrogen-bond acceptors (Lipinski definition) is 4. The summed E-state index contributed by atoms with van der Waals surface area (Å²) in [6.45, 7) is 5.73. The van der Waals surface area contributed by atoms with Crippen LogP contribution in [0.15, 0.2) is 30.4 Å². The minimum Gasteiger partial charge on any atom is -0.496 e. The summed E-state index contributed by atoms with van der Waals surface area (Å²) in [6.07, 6.45) is 0. The number of carbonyl (C=O) groups is 1. The van der Waals surface area contributed by atoms with Crippen LogP contribution < -0.4 is 10.1 Å². The van der Waals surface area contributed by atoms with Crippen LogP contribution >= 0.6 is 0 Å². The average Bonchev–Trinajstić information content (AvgIpc) is 2.34. The zero-order valence-corrected chi connectivity index (χ0v) is 10.2. The number of nitro benzene ring substituents is 1. The lowest BCUT2D eigenvalue weighted by Crippen LogP contribution is -2.25. The molecule has 0 aromatic heterocycles. The van der Waals surface area contributed by atoms with Gasteiger partial charge in [0.1, 0.15) is 5.75 Å². The van der Waals surface area contributed by atoms with Crippen LogP contribution in [0.1, 0.15) is 17.3 Å². The molecule has 0 atom stereocenters. The average molecular weight is 250 g/mol. The van der Waals surface area contributed by atoms with E-state index in [-0.39, 0.29) is 11.3 Å². The molecular weight excluding hydrogens is 236 g/mol. The smallest absolute Gasteiger partial charge is 0.270 e. The highest BCUT2D eigenvalue weighted by atomic mass is 16.6. The number of nitrogens with one attached hydrogen (secondary N) is 1. The van der Waals surface area contributed by atoms with Crippen LogP contribution in [0.5, 0.6) is 5.75 Å². The maximum Gasteiger partial charge on any atom is 0.270 e. The Labute approximate surface area is 104 Å².